The maximum absolute atomic E-state index is 12.9. The van der Waals surface area contributed by atoms with Crippen molar-refractivity contribution in [3.05, 3.63) is 28.2 Å². The lowest BCUT2D eigenvalue weighted by Gasteiger charge is -2.28. The lowest BCUT2D eigenvalue weighted by molar-refractivity contribution is -0.143. The van der Waals surface area contributed by atoms with Gasteiger partial charge in [0, 0.05) is 23.1 Å². The van der Waals surface area contributed by atoms with E-state index in [0.29, 0.717) is 6.54 Å². The molecule has 3 rings (SSSR count). The van der Waals surface area contributed by atoms with E-state index < -0.39 is 0 Å². The third-order valence-electron chi connectivity index (χ3n) is 4.73. The molecule has 2 saturated heterocycles. The molecular weight excluding hydrogens is 396 g/mol. The van der Waals surface area contributed by atoms with Gasteiger partial charge in [-0.05, 0) is 43.9 Å². The Morgan fingerprint density at radius 2 is 2.21 bits per heavy atom. The van der Waals surface area contributed by atoms with Crippen LogP contribution >= 0.6 is 28.3 Å². The maximum atomic E-state index is 12.9. The van der Waals surface area contributed by atoms with Crippen LogP contribution in [0.5, 0.6) is 5.75 Å². The zero-order chi connectivity index (χ0) is 16.4. The highest BCUT2D eigenvalue weighted by Gasteiger charge is 2.38. The van der Waals surface area contributed by atoms with Crippen molar-refractivity contribution in [2.45, 2.75) is 43.9 Å². The second-order valence-electron chi connectivity index (χ2n) is 6.14. The van der Waals surface area contributed by atoms with Crippen LogP contribution in [0.3, 0.4) is 0 Å². The summed E-state index contributed by atoms with van der Waals surface area (Å²) in [5.74, 6) is 0.913. The van der Waals surface area contributed by atoms with Gasteiger partial charge in [-0.25, -0.2) is 0 Å². The number of carbonyl (C=O) groups excluding carboxylic acids is 1. The summed E-state index contributed by atoms with van der Waals surface area (Å²) in [4.78, 5) is 14.8. The summed E-state index contributed by atoms with van der Waals surface area (Å²) in [6, 6.07) is 6.00. The molecule has 1 amide bonds. The molecule has 2 aliphatic rings. The maximum Gasteiger partial charge on any atom is 0.252 e. The van der Waals surface area contributed by atoms with Gasteiger partial charge in [-0.2, -0.15) is 0 Å². The molecule has 0 bridgehead atoms. The van der Waals surface area contributed by atoms with Crippen LogP contribution in [0.4, 0.5) is 0 Å². The number of nitrogens with two attached hydrogens (primary N) is 1. The van der Waals surface area contributed by atoms with Crippen molar-refractivity contribution >= 4 is 34.2 Å². The van der Waals surface area contributed by atoms with Crippen LogP contribution in [-0.4, -0.2) is 43.2 Å². The Hall–Kier alpha value is -0.820. The Morgan fingerprint density at radius 3 is 2.88 bits per heavy atom. The predicted octanol–water partition coefficient (Wildman–Crippen LogP) is 3.05. The lowest BCUT2D eigenvalue weighted by atomic mass is 10.0. The topological polar surface area (TPSA) is 64.8 Å². The van der Waals surface area contributed by atoms with Gasteiger partial charge in [-0.3, -0.25) is 4.79 Å². The summed E-state index contributed by atoms with van der Waals surface area (Å²) in [5.41, 5.74) is 6.71. The van der Waals surface area contributed by atoms with Gasteiger partial charge in [0.05, 0.1) is 19.3 Å². The number of hydrogen-bond donors (Lipinski definition) is 1. The molecule has 2 heterocycles. The van der Waals surface area contributed by atoms with Crippen LogP contribution in [0.15, 0.2) is 22.7 Å². The molecule has 7 heteroatoms. The van der Waals surface area contributed by atoms with Crippen LogP contribution in [0.25, 0.3) is 0 Å². The molecule has 1 aromatic rings. The Balaban J connectivity index is 0.00000208. The Kier molecular flexibility index (Phi) is 6.92. The number of carbonyl (C=O) groups is 1. The minimum Gasteiger partial charge on any atom is -0.496 e. The third kappa shape index (κ3) is 3.87. The first-order valence-corrected chi connectivity index (χ1v) is 8.92. The number of halogens is 2. The van der Waals surface area contributed by atoms with E-state index in [1.165, 1.54) is 0 Å². The molecule has 2 N–H and O–H groups in total. The summed E-state index contributed by atoms with van der Waals surface area (Å²) in [6.07, 6.45) is 3.25. The van der Waals surface area contributed by atoms with Crippen molar-refractivity contribution in [3.63, 3.8) is 0 Å². The van der Waals surface area contributed by atoms with E-state index in [2.05, 4.69) is 15.9 Å². The second kappa shape index (κ2) is 8.52. The van der Waals surface area contributed by atoms with Gasteiger partial charge in [0.2, 0.25) is 0 Å². The second-order valence-corrected chi connectivity index (χ2v) is 7.05. The fourth-order valence-electron chi connectivity index (χ4n) is 3.57. The van der Waals surface area contributed by atoms with Crippen molar-refractivity contribution in [2.24, 2.45) is 5.73 Å². The van der Waals surface area contributed by atoms with E-state index in [0.717, 1.165) is 48.0 Å². The zero-order valence-corrected chi connectivity index (χ0v) is 16.1. The zero-order valence-electron chi connectivity index (χ0n) is 13.7. The Labute approximate surface area is 157 Å². The molecule has 2 aliphatic heterocycles. The van der Waals surface area contributed by atoms with Crippen LogP contribution in [-0.2, 0) is 9.53 Å². The molecule has 0 saturated carbocycles. The van der Waals surface area contributed by atoms with Crippen molar-refractivity contribution in [3.8, 4) is 5.75 Å². The summed E-state index contributed by atoms with van der Waals surface area (Å²) < 4.78 is 12.3. The summed E-state index contributed by atoms with van der Waals surface area (Å²) in [6.45, 7) is 1.25. The average molecular weight is 420 g/mol. The van der Waals surface area contributed by atoms with Crippen molar-refractivity contribution in [1.29, 1.82) is 0 Å². The average Bonchev–Trinajstić information content (AvgIpc) is 3.23. The predicted molar refractivity (Wildman–Crippen MR) is 98.6 cm³/mol. The highest BCUT2D eigenvalue weighted by atomic mass is 79.9. The number of amides is 1. The van der Waals surface area contributed by atoms with Crippen molar-refractivity contribution in [1.82, 2.24) is 4.90 Å². The molecule has 3 atom stereocenters. The Bertz CT molecular complexity index is 587. The molecule has 134 valence electrons. The van der Waals surface area contributed by atoms with Gasteiger partial charge in [-0.15, -0.1) is 12.4 Å². The third-order valence-corrected chi connectivity index (χ3v) is 5.23. The standard InChI is InChI=1S/C17H23BrN2O3.ClH/c1-22-15-6-4-11(18)9-13(15)14-3-2-8-20(14)17(21)16-7-5-12(10-19)23-16;/h4,6,9,12,14,16H,2-3,5,7-8,10,19H2,1H3;1H/t12-,14?,16+;/m1./s1. The van der Waals surface area contributed by atoms with E-state index in [-0.39, 0.29) is 36.6 Å². The number of nitrogens with zero attached hydrogens (tertiary/aromatic N) is 1. The first-order chi connectivity index (χ1) is 11.1. The summed E-state index contributed by atoms with van der Waals surface area (Å²) in [5, 5.41) is 0. The largest absolute Gasteiger partial charge is 0.496 e. The molecule has 5 nitrogen and oxygen atoms in total. The molecule has 2 fully saturated rings. The van der Waals surface area contributed by atoms with E-state index in [4.69, 9.17) is 15.2 Å². The van der Waals surface area contributed by atoms with E-state index in [1.807, 2.05) is 23.1 Å². The molecule has 1 aromatic carbocycles. The molecule has 0 radical (unpaired) electrons. The van der Waals surface area contributed by atoms with Gasteiger partial charge in [0.25, 0.3) is 5.91 Å². The van der Waals surface area contributed by atoms with Gasteiger partial charge in [0.15, 0.2) is 0 Å². The number of ether oxygens (including phenoxy) is 2. The molecule has 1 unspecified atom stereocenters. The SMILES string of the molecule is COc1ccc(Br)cc1C1CCCN1C(=O)[C@@H]1CC[C@H](CN)O1.Cl. The quantitative estimate of drug-likeness (QED) is 0.814. The number of hydrogen-bond acceptors (Lipinski definition) is 4. The molecule has 0 spiro atoms. The number of benzene rings is 1. The molecule has 0 aliphatic carbocycles. The fourth-order valence-corrected chi connectivity index (χ4v) is 3.94. The summed E-state index contributed by atoms with van der Waals surface area (Å²) in [7, 11) is 1.67. The van der Waals surface area contributed by atoms with Crippen molar-refractivity contribution in [2.75, 3.05) is 20.2 Å². The lowest BCUT2D eigenvalue weighted by Crippen LogP contribution is -2.39. The van der Waals surface area contributed by atoms with Crippen LogP contribution in [0.2, 0.25) is 0 Å². The number of rotatable bonds is 4. The van der Waals surface area contributed by atoms with Gasteiger partial charge in [-0.1, -0.05) is 15.9 Å². The highest BCUT2D eigenvalue weighted by Crippen LogP contribution is 2.39. The van der Waals surface area contributed by atoms with Crippen molar-refractivity contribution < 1.29 is 14.3 Å². The van der Waals surface area contributed by atoms with Crippen LogP contribution < -0.4 is 10.5 Å². The first kappa shape index (κ1) is 19.5. The number of methoxy groups -OCH3 is 1. The minimum absolute atomic E-state index is 0. The molecule has 0 aromatic heterocycles. The Morgan fingerprint density at radius 1 is 1.42 bits per heavy atom. The highest BCUT2D eigenvalue weighted by molar-refractivity contribution is 9.10. The summed E-state index contributed by atoms with van der Waals surface area (Å²) >= 11 is 3.52. The smallest absolute Gasteiger partial charge is 0.252 e. The monoisotopic (exact) mass is 418 g/mol. The molecule has 24 heavy (non-hydrogen) atoms. The van der Waals surface area contributed by atoms with Gasteiger partial charge < -0.3 is 20.1 Å². The van der Waals surface area contributed by atoms with E-state index in [1.54, 1.807) is 7.11 Å². The van der Waals surface area contributed by atoms with Gasteiger partial charge >= 0.3 is 0 Å². The fraction of sp³-hybridized carbons (Fsp3) is 0.588. The van der Waals surface area contributed by atoms with E-state index in [9.17, 15) is 4.79 Å². The van der Waals surface area contributed by atoms with E-state index >= 15 is 0 Å². The number of likely N-dealkylation sites (tertiary alicyclic amines) is 1. The minimum atomic E-state index is -0.345. The van der Waals surface area contributed by atoms with Crippen LogP contribution in [0.1, 0.15) is 37.3 Å². The first-order valence-electron chi connectivity index (χ1n) is 8.13. The normalized spacial score (nSPS) is 26.3. The van der Waals surface area contributed by atoms with Crippen LogP contribution in [0, 0.1) is 0 Å². The molecular formula is C17H24BrClN2O3. The van der Waals surface area contributed by atoms with Gasteiger partial charge in [0.1, 0.15) is 11.9 Å².